The quantitative estimate of drug-likeness (QED) is 0.847. The maximum absolute atomic E-state index is 12.2. The van der Waals surface area contributed by atoms with Gasteiger partial charge >= 0.3 is 5.97 Å². The van der Waals surface area contributed by atoms with E-state index in [1.54, 1.807) is 0 Å². The van der Waals surface area contributed by atoms with Crippen LogP contribution < -0.4 is 10.1 Å². The Bertz CT molecular complexity index is 485. The standard InChI is InChI=1S/C17H25NO3/c1-4-18-17(16(19)20-3)10-6-9-15(12-17)21-14-8-5-7-13(2)11-14/h5,7-8,11,15,18H,4,6,9-10,12H2,1-3H3. The summed E-state index contributed by atoms with van der Waals surface area (Å²) < 4.78 is 11.1. The van der Waals surface area contributed by atoms with Gasteiger partial charge in [-0.05, 0) is 50.4 Å². The average Bonchev–Trinajstić information content (AvgIpc) is 2.47. The van der Waals surface area contributed by atoms with Crippen molar-refractivity contribution in [2.75, 3.05) is 13.7 Å². The molecule has 1 aromatic carbocycles. The summed E-state index contributed by atoms with van der Waals surface area (Å²) in [4.78, 5) is 12.2. The van der Waals surface area contributed by atoms with E-state index in [9.17, 15) is 4.79 Å². The number of ether oxygens (including phenoxy) is 2. The van der Waals surface area contributed by atoms with Gasteiger partial charge in [0.05, 0.1) is 7.11 Å². The summed E-state index contributed by atoms with van der Waals surface area (Å²) >= 11 is 0. The highest BCUT2D eigenvalue weighted by molar-refractivity contribution is 5.81. The number of hydrogen-bond donors (Lipinski definition) is 1. The molecule has 0 bridgehead atoms. The molecule has 0 spiro atoms. The van der Waals surface area contributed by atoms with E-state index in [0.717, 1.165) is 31.6 Å². The molecule has 0 amide bonds. The molecular formula is C17H25NO3. The van der Waals surface area contributed by atoms with Gasteiger partial charge in [-0.1, -0.05) is 19.1 Å². The smallest absolute Gasteiger partial charge is 0.326 e. The van der Waals surface area contributed by atoms with E-state index in [-0.39, 0.29) is 12.1 Å². The number of likely N-dealkylation sites (N-methyl/N-ethyl adjacent to an activating group) is 1. The molecule has 0 radical (unpaired) electrons. The lowest BCUT2D eigenvalue weighted by Gasteiger charge is -2.39. The van der Waals surface area contributed by atoms with E-state index in [0.29, 0.717) is 6.42 Å². The zero-order chi connectivity index (χ0) is 15.3. The number of benzene rings is 1. The van der Waals surface area contributed by atoms with Crippen LogP contribution in [0, 0.1) is 6.92 Å². The molecular weight excluding hydrogens is 266 g/mol. The number of nitrogens with one attached hydrogen (secondary N) is 1. The molecule has 4 nitrogen and oxygen atoms in total. The number of rotatable bonds is 5. The minimum absolute atomic E-state index is 0.0405. The summed E-state index contributed by atoms with van der Waals surface area (Å²) in [7, 11) is 1.45. The minimum atomic E-state index is -0.601. The van der Waals surface area contributed by atoms with E-state index in [4.69, 9.17) is 9.47 Å². The van der Waals surface area contributed by atoms with Crippen molar-refractivity contribution in [2.45, 2.75) is 51.2 Å². The van der Waals surface area contributed by atoms with Crippen molar-refractivity contribution in [2.24, 2.45) is 0 Å². The zero-order valence-corrected chi connectivity index (χ0v) is 13.1. The minimum Gasteiger partial charge on any atom is -0.490 e. The summed E-state index contributed by atoms with van der Waals surface area (Å²) in [6.07, 6.45) is 3.43. The largest absolute Gasteiger partial charge is 0.490 e. The molecule has 1 aliphatic carbocycles. The molecule has 21 heavy (non-hydrogen) atoms. The van der Waals surface area contributed by atoms with Crippen molar-refractivity contribution < 1.29 is 14.3 Å². The lowest BCUT2D eigenvalue weighted by atomic mass is 9.80. The van der Waals surface area contributed by atoms with E-state index in [1.807, 2.05) is 38.1 Å². The van der Waals surface area contributed by atoms with Crippen LogP contribution >= 0.6 is 0 Å². The third-order valence-corrected chi connectivity index (χ3v) is 4.09. The Morgan fingerprint density at radius 1 is 1.48 bits per heavy atom. The van der Waals surface area contributed by atoms with Gasteiger partial charge in [0.2, 0.25) is 0 Å². The van der Waals surface area contributed by atoms with Crippen LogP contribution in [0.5, 0.6) is 5.75 Å². The van der Waals surface area contributed by atoms with Crippen LogP contribution in [0.1, 0.15) is 38.2 Å². The Kier molecular flexibility index (Phi) is 5.23. The van der Waals surface area contributed by atoms with E-state index < -0.39 is 5.54 Å². The van der Waals surface area contributed by atoms with Gasteiger partial charge in [-0.15, -0.1) is 0 Å². The number of aryl methyl sites for hydroxylation is 1. The van der Waals surface area contributed by atoms with Gasteiger partial charge in [-0.25, -0.2) is 0 Å². The SMILES string of the molecule is CCNC1(C(=O)OC)CCCC(Oc2cccc(C)c2)C1. The first-order valence-corrected chi connectivity index (χ1v) is 7.66. The topological polar surface area (TPSA) is 47.6 Å². The Balaban J connectivity index is 2.09. The number of carbonyl (C=O) groups excluding carboxylic acids is 1. The van der Waals surface area contributed by atoms with Crippen molar-refractivity contribution in [3.8, 4) is 5.75 Å². The molecule has 2 unspecified atom stereocenters. The Morgan fingerprint density at radius 3 is 2.95 bits per heavy atom. The van der Waals surface area contributed by atoms with Crippen molar-refractivity contribution in [1.82, 2.24) is 5.32 Å². The van der Waals surface area contributed by atoms with Gasteiger partial charge in [0.15, 0.2) is 0 Å². The van der Waals surface area contributed by atoms with Crippen LogP contribution in [-0.4, -0.2) is 31.3 Å². The molecule has 0 aromatic heterocycles. The molecule has 1 N–H and O–H groups in total. The van der Waals surface area contributed by atoms with Gasteiger partial charge in [-0.3, -0.25) is 4.79 Å². The normalized spacial score (nSPS) is 25.4. The summed E-state index contributed by atoms with van der Waals surface area (Å²) in [6, 6.07) is 8.03. The Morgan fingerprint density at radius 2 is 2.29 bits per heavy atom. The first kappa shape index (κ1) is 15.8. The fraction of sp³-hybridized carbons (Fsp3) is 0.588. The van der Waals surface area contributed by atoms with Crippen LogP contribution in [0.2, 0.25) is 0 Å². The number of carbonyl (C=O) groups is 1. The van der Waals surface area contributed by atoms with Crippen LogP contribution in [-0.2, 0) is 9.53 Å². The number of methoxy groups -OCH3 is 1. The van der Waals surface area contributed by atoms with Gasteiger partial charge in [-0.2, -0.15) is 0 Å². The molecule has 0 heterocycles. The fourth-order valence-corrected chi connectivity index (χ4v) is 3.16. The van der Waals surface area contributed by atoms with Crippen LogP contribution in [0.4, 0.5) is 0 Å². The molecule has 0 aliphatic heterocycles. The summed E-state index contributed by atoms with van der Waals surface area (Å²) in [6.45, 7) is 4.80. The van der Waals surface area contributed by atoms with Crippen molar-refractivity contribution in [3.63, 3.8) is 0 Å². The first-order valence-electron chi connectivity index (χ1n) is 7.66. The lowest BCUT2D eigenvalue weighted by Crippen LogP contribution is -2.57. The fourth-order valence-electron chi connectivity index (χ4n) is 3.16. The highest BCUT2D eigenvalue weighted by Crippen LogP contribution is 2.32. The van der Waals surface area contributed by atoms with Crippen molar-refractivity contribution >= 4 is 5.97 Å². The molecule has 2 rings (SSSR count). The van der Waals surface area contributed by atoms with Gasteiger partial charge < -0.3 is 14.8 Å². The first-order chi connectivity index (χ1) is 10.1. The summed E-state index contributed by atoms with van der Waals surface area (Å²) in [5.41, 5.74) is 0.574. The van der Waals surface area contributed by atoms with E-state index in [1.165, 1.54) is 12.7 Å². The van der Waals surface area contributed by atoms with Crippen molar-refractivity contribution in [1.29, 1.82) is 0 Å². The lowest BCUT2D eigenvalue weighted by molar-refractivity contribution is -0.151. The van der Waals surface area contributed by atoms with Gasteiger partial charge in [0, 0.05) is 6.42 Å². The number of esters is 1. The molecule has 116 valence electrons. The van der Waals surface area contributed by atoms with Crippen LogP contribution in [0.15, 0.2) is 24.3 Å². The highest BCUT2D eigenvalue weighted by Gasteiger charge is 2.44. The second-order valence-electron chi connectivity index (χ2n) is 5.76. The molecule has 0 saturated heterocycles. The third-order valence-electron chi connectivity index (χ3n) is 4.09. The van der Waals surface area contributed by atoms with Gasteiger partial charge in [0.1, 0.15) is 17.4 Å². The zero-order valence-electron chi connectivity index (χ0n) is 13.1. The Hall–Kier alpha value is -1.55. The molecule has 1 saturated carbocycles. The van der Waals surface area contributed by atoms with Crippen LogP contribution in [0.3, 0.4) is 0 Å². The predicted octanol–water partition coefficient (Wildman–Crippen LogP) is 2.84. The predicted molar refractivity (Wildman–Crippen MR) is 82.5 cm³/mol. The Labute approximate surface area is 126 Å². The monoisotopic (exact) mass is 291 g/mol. The van der Waals surface area contributed by atoms with Gasteiger partial charge in [0.25, 0.3) is 0 Å². The maximum Gasteiger partial charge on any atom is 0.326 e. The van der Waals surface area contributed by atoms with E-state index >= 15 is 0 Å². The molecule has 4 heteroatoms. The van der Waals surface area contributed by atoms with Crippen molar-refractivity contribution in [3.05, 3.63) is 29.8 Å². The number of hydrogen-bond acceptors (Lipinski definition) is 4. The average molecular weight is 291 g/mol. The van der Waals surface area contributed by atoms with Crippen LogP contribution in [0.25, 0.3) is 0 Å². The molecule has 1 aliphatic rings. The summed E-state index contributed by atoms with van der Waals surface area (Å²) in [5, 5.41) is 3.32. The second kappa shape index (κ2) is 6.94. The molecule has 2 atom stereocenters. The second-order valence-corrected chi connectivity index (χ2v) is 5.76. The maximum atomic E-state index is 12.2. The highest BCUT2D eigenvalue weighted by atomic mass is 16.5. The molecule has 1 aromatic rings. The molecule has 1 fully saturated rings. The van der Waals surface area contributed by atoms with E-state index in [2.05, 4.69) is 5.32 Å². The summed E-state index contributed by atoms with van der Waals surface area (Å²) in [5.74, 6) is 0.694. The third kappa shape index (κ3) is 3.76.